The SMILES string of the molecule is CCNC(=NCCC(=O)N1CCN(c2ccccn2)CC1)N1CCSC(CC)C1.I. The van der Waals surface area contributed by atoms with E-state index in [1.54, 1.807) is 0 Å². The third-order valence-corrected chi connectivity index (χ3v) is 6.79. The predicted octanol–water partition coefficient (Wildman–Crippen LogP) is 2.53. The van der Waals surface area contributed by atoms with Crippen LogP contribution >= 0.6 is 35.7 Å². The Balaban J connectivity index is 0.00000320. The van der Waals surface area contributed by atoms with Crippen molar-refractivity contribution in [3.05, 3.63) is 24.4 Å². The number of thioether (sulfide) groups is 1. The third kappa shape index (κ3) is 7.18. The van der Waals surface area contributed by atoms with Crippen LogP contribution in [-0.2, 0) is 4.79 Å². The first-order valence-electron chi connectivity index (χ1n) is 10.8. The van der Waals surface area contributed by atoms with Gasteiger partial charge >= 0.3 is 0 Å². The Morgan fingerprint density at radius 2 is 2.00 bits per heavy atom. The topological polar surface area (TPSA) is 64.1 Å². The molecule has 0 bridgehead atoms. The molecule has 0 aliphatic carbocycles. The molecule has 2 saturated heterocycles. The Kier molecular flexibility index (Phi) is 11.0. The van der Waals surface area contributed by atoms with Gasteiger partial charge in [-0.15, -0.1) is 24.0 Å². The zero-order valence-electron chi connectivity index (χ0n) is 18.1. The Hall–Kier alpha value is -1.23. The lowest BCUT2D eigenvalue weighted by Gasteiger charge is -2.35. The number of rotatable bonds is 6. The maximum atomic E-state index is 12.6. The Labute approximate surface area is 202 Å². The molecule has 1 aromatic rings. The number of halogens is 1. The minimum absolute atomic E-state index is 0. The number of aliphatic imine (C=N–C) groups is 1. The highest BCUT2D eigenvalue weighted by Gasteiger charge is 2.23. The van der Waals surface area contributed by atoms with Crippen molar-refractivity contribution < 1.29 is 4.79 Å². The molecule has 1 N–H and O–H groups in total. The van der Waals surface area contributed by atoms with Gasteiger partial charge in [0, 0.05) is 69.4 Å². The summed E-state index contributed by atoms with van der Waals surface area (Å²) in [5, 5.41) is 4.07. The minimum Gasteiger partial charge on any atom is -0.357 e. The molecule has 0 spiro atoms. The smallest absolute Gasteiger partial charge is 0.224 e. The van der Waals surface area contributed by atoms with E-state index in [1.807, 2.05) is 29.3 Å². The van der Waals surface area contributed by atoms with E-state index in [-0.39, 0.29) is 29.9 Å². The number of anilines is 1. The monoisotopic (exact) mass is 546 g/mol. The molecule has 3 heterocycles. The van der Waals surface area contributed by atoms with Gasteiger partial charge in [-0.2, -0.15) is 11.8 Å². The maximum Gasteiger partial charge on any atom is 0.224 e. The molecule has 2 fully saturated rings. The zero-order valence-corrected chi connectivity index (χ0v) is 21.3. The second-order valence-corrected chi connectivity index (χ2v) is 8.80. The second kappa shape index (κ2) is 13.2. The number of guanidine groups is 1. The molecule has 7 nitrogen and oxygen atoms in total. The van der Waals surface area contributed by atoms with E-state index in [9.17, 15) is 4.79 Å². The highest BCUT2D eigenvalue weighted by atomic mass is 127. The van der Waals surface area contributed by atoms with Crippen LogP contribution in [0.1, 0.15) is 26.7 Å². The minimum atomic E-state index is 0. The largest absolute Gasteiger partial charge is 0.357 e. The molecule has 1 aromatic heterocycles. The van der Waals surface area contributed by atoms with E-state index in [4.69, 9.17) is 4.99 Å². The first-order chi connectivity index (χ1) is 14.2. The number of piperazine rings is 1. The van der Waals surface area contributed by atoms with Crippen LogP contribution in [0.2, 0.25) is 0 Å². The number of nitrogens with zero attached hydrogens (tertiary/aromatic N) is 5. The second-order valence-electron chi connectivity index (χ2n) is 7.39. The molecule has 0 saturated carbocycles. The van der Waals surface area contributed by atoms with Gasteiger partial charge in [0.05, 0.1) is 6.54 Å². The van der Waals surface area contributed by atoms with Crippen LogP contribution in [0.15, 0.2) is 29.4 Å². The van der Waals surface area contributed by atoms with Crippen LogP contribution in [0, 0.1) is 0 Å². The molecule has 1 atom stereocenters. The highest BCUT2D eigenvalue weighted by molar-refractivity contribution is 14.0. The number of aromatic nitrogens is 1. The summed E-state index contributed by atoms with van der Waals surface area (Å²) in [6.07, 6.45) is 3.47. The van der Waals surface area contributed by atoms with Crippen molar-refractivity contribution in [2.45, 2.75) is 31.9 Å². The summed E-state index contributed by atoms with van der Waals surface area (Å²) >= 11 is 2.05. The summed E-state index contributed by atoms with van der Waals surface area (Å²) < 4.78 is 0. The lowest BCUT2D eigenvalue weighted by molar-refractivity contribution is -0.131. The summed E-state index contributed by atoms with van der Waals surface area (Å²) in [6, 6.07) is 5.96. The summed E-state index contributed by atoms with van der Waals surface area (Å²) in [4.78, 5) is 28.4. The van der Waals surface area contributed by atoms with E-state index in [0.29, 0.717) is 18.2 Å². The summed E-state index contributed by atoms with van der Waals surface area (Å²) in [5.74, 6) is 3.29. The lowest BCUT2D eigenvalue weighted by Crippen LogP contribution is -2.49. The van der Waals surface area contributed by atoms with Crippen molar-refractivity contribution in [1.82, 2.24) is 20.1 Å². The fraction of sp³-hybridized carbons (Fsp3) is 0.667. The van der Waals surface area contributed by atoms with Crippen molar-refractivity contribution in [2.24, 2.45) is 4.99 Å². The normalized spacial score (nSPS) is 20.0. The molecule has 2 aliphatic rings. The van der Waals surface area contributed by atoms with E-state index in [1.165, 1.54) is 6.42 Å². The van der Waals surface area contributed by atoms with Gasteiger partial charge in [-0.3, -0.25) is 9.79 Å². The molecule has 1 amide bonds. The average Bonchev–Trinajstić information content (AvgIpc) is 2.79. The molecular formula is C21H35IN6OS. The first-order valence-corrected chi connectivity index (χ1v) is 11.8. The van der Waals surface area contributed by atoms with Crippen molar-refractivity contribution in [3.8, 4) is 0 Å². The Bertz CT molecular complexity index is 669. The van der Waals surface area contributed by atoms with E-state index in [2.05, 4.69) is 45.7 Å². The Morgan fingerprint density at radius 3 is 2.67 bits per heavy atom. The van der Waals surface area contributed by atoms with E-state index < -0.39 is 0 Å². The van der Waals surface area contributed by atoms with Gasteiger partial charge in [0.25, 0.3) is 0 Å². The van der Waals surface area contributed by atoms with Crippen LogP contribution in [0.5, 0.6) is 0 Å². The molecule has 1 unspecified atom stereocenters. The number of amides is 1. The van der Waals surface area contributed by atoms with Gasteiger partial charge in [0.1, 0.15) is 5.82 Å². The fourth-order valence-electron chi connectivity index (χ4n) is 3.73. The van der Waals surface area contributed by atoms with Crippen LogP contribution in [0.25, 0.3) is 0 Å². The number of hydrogen-bond acceptors (Lipinski definition) is 5. The highest BCUT2D eigenvalue weighted by Crippen LogP contribution is 2.21. The van der Waals surface area contributed by atoms with E-state index >= 15 is 0 Å². The number of carbonyl (C=O) groups is 1. The number of carbonyl (C=O) groups excluding carboxylic acids is 1. The number of pyridine rings is 1. The van der Waals surface area contributed by atoms with Crippen molar-refractivity contribution >= 4 is 53.4 Å². The van der Waals surface area contributed by atoms with Gasteiger partial charge < -0.3 is 20.0 Å². The average molecular weight is 547 g/mol. The predicted molar refractivity (Wildman–Crippen MR) is 137 cm³/mol. The van der Waals surface area contributed by atoms with Crippen molar-refractivity contribution in [3.63, 3.8) is 0 Å². The third-order valence-electron chi connectivity index (χ3n) is 5.42. The van der Waals surface area contributed by atoms with E-state index in [0.717, 1.165) is 63.3 Å². The van der Waals surface area contributed by atoms with Gasteiger partial charge in [-0.25, -0.2) is 4.98 Å². The number of hydrogen-bond donors (Lipinski definition) is 1. The van der Waals surface area contributed by atoms with Gasteiger partial charge in [0.2, 0.25) is 5.91 Å². The molecule has 9 heteroatoms. The zero-order chi connectivity index (χ0) is 20.5. The van der Waals surface area contributed by atoms with Gasteiger partial charge in [0.15, 0.2) is 5.96 Å². The summed E-state index contributed by atoms with van der Waals surface area (Å²) in [7, 11) is 0. The molecular weight excluding hydrogens is 511 g/mol. The van der Waals surface area contributed by atoms with Crippen molar-refractivity contribution in [2.75, 3.05) is 63.0 Å². The standard InChI is InChI=1S/C21H34N6OS.HI/c1-3-18-17-27(15-16-29-18)21(22-4-2)24-10-8-20(28)26-13-11-25(12-14-26)19-7-5-6-9-23-19;/h5-7,9,18H,3-4,8,10-17H2,1-2H3,(H,22,24);1H. The number of nitrogens with one attached hydrogen (secondary N) is 1. The van der Waals surface area contributed by atoms with Crippen LogP contribution in [-0.4, -0.2) is 90.0 Å². The Morgan fingerprint density at radius 1 is 1.20 bits per heavy atom. The molecule has 2 aliphatic heterocycles. The summed E-state index contributed by atoms with van der Waals surface area (Å²) in [6.45, 7) is 11.0. The summed E-state index contributed by atoms with van der Waals surface area (Å²) in [5.41, 5.74) is 0. The van der Waals surface area contributed by atoms with Gasteiger partial charge in [-0.1, -0.05) is 13.0 Å². The molecule has 3 rings (SSSR count). The lowest BCUT2D eigenvalue weighted by atomic mass is 10.2. The molecule has 168 valence electrons. The first kappa shape index (κ1) is 25.0. The fourth-order valence-corrected chi connectivity index (χ4v) is 4.91. The van der Waals surface area contributed by atoms with Crippen LogP contribution in [0.3, 0.4) is 0 Å². The van der Waals surface area contributed by atoms with Crippen LogP contribution in [0.4, 0.5) is 5.82 Å². The van der Waals surface area contributed by atoms with Crippen molar-refractivity contribution in [1.29, 1.82) is 0 Å². The molecule has 0 aromatic carbocycles. The molecule has 30 heavy (non-hydrogen) atoms. The van der Waals surface area contributed by atoms with Gasteiger partial charge in [-0.05, 0) is 25.5 Å². The molecule has 0 radical (unpaired) electrons. The maximum absolute atomic E-state index is 12.6. The quantitative estimate of drug-likeness (QED) is 0.336. The van der Waals surface area contributed by atoms with Crippen LogP contribution < -0.4 is 10.2 Å².